The van der Waals surface area contributed by atoms with E-state index in [9.17, 15) is 18.0 Å². The van der Waals surface area contributed by atoms with Crippen LogP contribution in [0.1, 0.15) is 51.5 Å². The summed E-state index contributed by atoms with van der Waals surface area (Å²) in [5.74, 6) is -1.75. The number of nitrogens with one attached hydrogen (secondary N) is 1. The van der Waals surface area contributed by atoms with E-state index in [2.05, 4.69) is 39.3 Å². The molecule has 11 heteroatoms. The number of carbonyl (C=O) groups is 2. The Balaban J connectivity index is 0.000000405. The van der Waals surface area contributed by atoms with Gasteiger partial charge in [-0.1, -0.05) is 29.4 Å². The Hall–Kier alpha value is -3.60. The lowest BCUT2D eigenvalue weighted by Crippen LogP contribution is -2.53. The second-order valence-electron chi connectivity index (χ2n) is 9.56. The molecule has 2 aromatic heterocycles. The Morgan fingerprint density at radius 2 is 1.81 bits per heavy atom. The van der Waals surface area contributed by atoms with Gasteiger partial charge in [0.2, 0.25) is 0 Å². The standard InChI is InChI=1S/C24H28N4O2.C2HF3O2/c1-17-20(18(2)30-26-17)15-27-12-9-24(10-13-27)16-28(23(29)22-8-5-11-25-22)14-19-6-3-4-7-21(19)24;3-2(4,5)1(6)7/h3-8,11,25H,9-10,12-16H2,1-2H3;(H,6,7). The number of aromatic nitrogens is 2. The first kappa shape index (κ1) is 26.5. The van der Waals surface area contributed by atoms with E-state index in [0.29, 0.717) is 12.2 Å². The Morgan fingerprint density at radius 3 is 2.38 bits per heavy atom. The zero-order valence-electron chi connectivity index (χ0n) is 20.6. The highest BCUT2D eigenvalue weighted by Gasteiger charge is 2.43. The summed E-state index contributed by atoms with van der Waals surface area (Å²) in [5.41, 5.74) is 5.59. The highest BCUT2D eigenvalue weighted by atomic mass is 19.4. The lowest BCUT2D eigenvalue weighted by molar-refractivity contribution is -0.192. The van der Waals surface area contributed by atoms with Crippen LogP contribution in [0.3, 0.4) is 0 Å². The van der Waals surface area contributed by atoms with E-state index in [0.717, 1.165) is 50.5 Å². The number of benzene rings is 1. The first-order valence-electron chi connectivity index (χ1n) is 12.0. The van der Waals surface area contributed by atoms with Crippen LogP contribution < -0.4 is 0 Å². The number of amides is 1. The molecule has 1 spiro atoms. The van der Waals surface area contributed by atoms with Crippen molar-refractivity contribution in [1.82, 2.24) is 19.9 Å². The number of alkyl halides is 3. The van der Waals surface area contributed by atoms with E-state index in [-0.39, 0.29) is 11.3 Å². The first-order valence-corrected chi connectivity index (χ1v) is 12.0. The van der Waals surface area contributed by atoms with Gasteiger partial charge in [0.05, 0.1) is 5.69 Å². The summed E-state index contributed by atoms with van der Waals surface area (Å²) in [7, 11) is 0. The number of hydrogen-bond donors (Lipinski definition) is 2. The number of rotatable bonds is 3. The van der Waals surface area contributed by atoms with Gasteiger partial charge in [0.25, 0.3) is 5.91 Å². The maximum absolute atomic E-state index is 13.1. The Kier molecular flexibility index (Phi) is 7.44. The molecule has 4 heterocycles. The highest BCUT2D eigenvalue weighted by Crippen LogP contribution is 2.42. The van der Waals surface area contributed by atoms with Gasteiger partial charge in [-0.25, -0.2) is 4.79 Å². The van der Waals surface area contributed by atoms with Crippen LogP contribution in [0.5, 0.6) is 0 Å². The van der Waals surface area contributed by atoms with Crippen LogP contribution in [0, 0.1) is 13.8 Å². The Labute approximate surface area is 212 Å². The molecule has 0 unspecified atom stereocenters. The van der Waals surface area contributed by atoms with E-state index in [1.807, 2.05) is 37.1 Å². The van der Waals surface area contributed by atoms with E-state index in [4.69, 9.17) is 14.4 Å². The summed E-state index contributed by atoms with van der Waals surface area (Å²) < 4.78 is 37.1. The molecular formula is C26H29F3N4O4. The molecule has 2 N–H and O–H groups in total. The molecule has 0 saturated carbocycles. The van der Waals surface area contributed by atoms with Crippen molar-refractivity contribution in [2.75, 3.05) is 19.6 Å². The minimum atomic E-state index is -5.08. The van der Waals surface area contributed by atoms with E-state index in [1.165, 1.54) is 16.7 Å². The van der Waals surface area contributed by atoms with Gasteiger partial charge in [0, 0.05) is 36.8 Å². The first-order chi connectivity index (χ1) is 17.5. The van der Waals surface area contributed by atoms with E-state index < -0.39 is 12.1 Å². The number of likely N-dealkylation sites (tertiary alicyclic amines) is 1. The highest BCUT2D eigenvalue weighted by molar-refractivity contribution is 5.92. The maximum Gasteiger partial charge on any atom is 0.490 e. The molecule has 1 amide bonds. The molecule has 2 aliphatic heterocycles. The second kappa shape index (κ2) is 10.4. The number of nitrogens with zero attached hydrogens (tertiary/aromatic N) is 3. The maximum atomic E-state index is 13.1. The molecule has 1 fully saturated rings. The summed E-state index contributed by atoms with van der Waals surface area (Å²) in [4.78, 5) is 29.6. The number of halogens is 3. The number of piperidine rings is 1. The van der Waals surface area contributed by atoms with Crippen molar-refractivity contribution < 1.29 is 32.4 Å². The number of H-pyrrole nitrogens is 1. The van der Waals surface area contributed by atoms with Crippen LogP contribution in [0.4, 0.5) is 13.2 Å². The summed E-state index contributed by atoms with van der Waals surface area (Å²) in [6.45, 7) is 8.34. The lowest BCUT2D eigenvalue weighted by atomic mass is 9.68. The number of carbonyl (C=O) groups excluding carboxylic acids is 1. The average molecular weight is 519 g/mol. The van der Waals surface area contributed by atoms with Gasteiger partial charge >= 0.3 is 12.1 Å². The van der Waals surface area contributed by atoms with Crippen molar-refractivity contribution in [3.63, 3.8) is 0 Å². The molecule has 3 aromatic rings. The lowest BCUT2D eigenvalue weighted by Gasteiger charge is -2.48. The number of aromatic amines is 1. The quantitative estimate of drug-likeness (QED) is 0.532. The molecule has 37 heavy (non-hydrogen) atoms. The van der Waals surface area contributed by atoms with Crippen LogP contribution in [0.15, 0.2) is 47.1 Å². The molecule has 0 radical (unpaired) electrons. The van der Waals surface area contributed by atoms with Crippen molar-refractivity contribution in [3.05, 3.63) is 76.4 Å². The van der Waals surface area contributed by atoms with Crippen LogP contribution in [-0.4, -0.2) is 62.7 Å². The third kappa shape index (κ3) is 5.71. The Bertz CT molecular complexity index is 1230. The monoisotopic (exact) mass is 518 g/mol. The van der Waals surface area contributed by atoms with E-state index in [1.54, 1.807) is 0 Å². The largest absolute Gasteiger partial charge is 0.490 e. The molecule has 198 valence electrons. The van der Waals surface area contributed by atoms with Gasteiger partial charge < -0.3 is 19.5 Å². The topological polar surface area (TPSA) is 103 Å². The van der Waals surface area contributed by atoms with Crippen LogP contribution >= 0.6 is 0 Å². The molecule has 0 bridgehead atoms. The van der Waals surface area contributed by atoms with Gasteiger partial charge in [-0.2, -0.15) is 13.2 Å². The van der Waals surface area contributed by atoms with Gasteiger partial charge in [0.15, 0.2) is 0 Å². The third-order valence-electron chi connectivity index (χ3n) is 7.18. The SMILES string of the molecule is Cc1noc(C)c1CN1CCC2(CC1)CN(C(=O)c1ccc[nH]1)Cc1ccccc12.O=C(O)C(F)(F)F. The molecule has 2 aliphatic rings. The molecule has 1 aromatic carbocycles. The summed E-state index contributed by atoms with van der Waals surface area (Å²) >= 11 is 0. The normalized spacial score (nSPS) is 17.2. The summed E-state index contributed by atoms with van der Waals surface area (Å²) in [6, 6.07) is 12.4. The second-order valence-corrected chi connectivity index (χ2v) is 9.56. The minimum absolute atomic E-state index is 0.0202. The molecule has 1 saturated heterocycles. The van der Waals surface area contributed by atoms with Crippen LogP contribution in [0.2, 0.25) is 0 Å². The molecule has 0 aliphatic carbocycles. The predicted octanol–water partition coefficient (Wildman–Crippen LogP) is 4.44. The smallest absolute Gasteiger partial charge is 0.475 e. The van der Waals surface area contributed by atoms with Gasteiger partial charge in [-0.3, -0.25) is 9.69 Å². The summed E-state index contributed by atoms with van der Waals surface area (Å²) in [6.07, 6.45) is -1.18. The minimum Gasteiger partial charge on any atom is -0.475 e. The average Bonchev–Trinajstić information content (AvgIpc) is 3.51. The van der Waals surface area contributed by atoms with E-state index >= 15 is 0 Å². The van der Waals surface area contributed by atoms with Crippen molar-refractivity contribution in [3.8, 4) is 0 Å². The van der Waals surface area contributed by atoms with Crippen LogP contribution in [0.25, 0.3) is 0 Å². The third-order valence-corrected chi connectivity index (χ3v) is 7.18. The Morgan fingerprint density at radius 1 is 1.14 bits per heavy atom. The fourth-order valence-corrected chi connectivity index (χ4v) is 5.18. The molecule has 5 rings (SSSR count). The predicted molar refractivity (Wildman–Crippen MR) is 128 cm³/mol. The van der Waals surface area contributed by atoms with Gasteiger partial charge in [-0.05, 0) is 63.0 Å². The number of carboxylic acids is 1. The fraction of sp³-hybridized carbons (Fsp3) is 0.423. The zero-order valence-corrected chi connectivity index (χ0v) is 20.6. The number of hydrogen-bond acceptors (Lipinski definition) is 5. The number of aliphatic carboxylic acids is 1. The molecule has 8 nitrogen and oxygen atoms in total. The molecular weight excluding hydrogens is 489 g/mol. The van der Waals surface area contributed by atoms with Crippen LogP contribution in [-0.2, 0) is 23.3 Å². The van der Waals surface area contributed by atoms with Crippen molar-refractivity contribution in [2.24, 2.45) is 0 Å². The van der Waals surface area contributed by atoms with Crippen molar-refractivity contribution in [2.45, 2.75) is 51.4 Å². The van der Waals surface area contributed by atoms with Crippen molar-refractivity contribution >= 4 is 11.9 Å². The fourth-order valence-electron chi connectivity index (χ4n) is 5.18. The van der Waals surface area contributed by atoms with Crippen molar-refractivity contribution in [1.29, 1.82) is 0 Å². The number of carboxylic acid groups (broad SMARTS) is 1. The van der Waals surface area contributed by atoms with Gasteiger partial charge in [0.1, 0.15) is 11.5 Å². The number of aryl methyl sites for hydroxylation is 2. The van der Waals surface area contributed by atoms with Gasteiger partial charge in [-0.15, -0.1) is 0 Å². The zero-order chi connectivity index (χ0) is 26.8. The summed E-state index contributed by atoms with van der Waals surface area (Å²) in [5, 5.41) is 11.2. The number of fused-ring (bicyclic) bond motifs is 2. The molecule has 0 atom stereocenters.